The second-order valence-electron chi connectivity index (χ2n) is 5.00. The average Bonchev–Trinajstić information content (AvgIpc) is 2.63. The van der Waals surface area contributed by atoms with Crippen molar-refractivity contribution in [1.82, 2.24) is 5.43 Å². The number of amides is 1. The van der Waals surface area contributed by atoms with Gasteiger partial charge in [0.15, 0.2) is 23.9 Å². The molecule has 2 rings (SSSR count). The van der Waals surface area contributed by atoms with Crippen LogP contribution in [-0.4, -0.2) is 35.9 Å². The highest BCUT2D eigenvalue weighted by Gasteiger charge is 2.16. The normalized spacial score (nSPS) is 10.6. The Labute approximate surface area is 163 Å². The number of methoxy groups -OCH3 is 1. The summed E-state index contributed by atoms with van der Waals surface area (Å²) in [5.41, 5.74) is 2.30. The van der Waals surface area contributed by atoms with Gasteiger partial charge in [-0.25, -0.2) is 5.43 Å². The largest absolute Gasteiger partial charge is 0.503 e. The van der Waals surface area contributed by atoms with E-state index in [4.69, 9.17) is 32.7 Å². The third kappa shape index (κ3) is 5.47. The lowest BCUT2D eigenvalue weighted by Crippen LogP contribution is -2.24. The standard InChI is InChI=1S/C16H13Cl2N3O6/c1-26-14-5-9(4-11(18)16(14)23)7-19-20-15(22)8-27-13-3-2-10(17)6-12(13)21(24)25/h2-7,23H,8H2,1H3,(H,20,22)/b19-7-. The minimum Gasteiger partial charge on any atom is -0.503 e. The zero-order valence-corrected chi connectivity index (χ0v) is 15.3. The maximum absolute atomic E-state index is 11.8. The molecule has 0 saturated heterocycles. The topological polar surface area (TPSA) is 123 Å². The number of nitrogens with one attached hydrogen (secondary N) is 1. The van der Waals surface area contributed by atoms with Crippen molar-refractivity contribution in [3.8, 4) is 17.2 Å². The van der Waals surface area contributed by atoms with E-state index in [1.165, 1.54) is 37.6 Å². The maximum Gasteiger partial charge on any atom is 0.312 e. The molecule has 27 heavy (non-hydrogen) atoms. The molecule has 0 aliphatic carbocycles. The SMILES string of the molecule is COc1cc(/C=N\NC(=O)COc2ccc(Cl)cc2[N+](=O)[O-])cc(Cl)c1O. The van der Waals surface area contributed by atoms with Crippen LogP contribution in [0, 0.1) is 10.1 Å². The second kappa shape index (κ2) is 9.06. The van der Waals surface area contributed by atoms with Crippen molar-refractivity contribution in [3.63, 3.8) is 0 Å². The number of nitro benzene ring substituents is 1. The fraction of sp³-hybridized carbons (Fsp3) is 0.125. The summed E-state index contributed by atoms with van der Waals surface area (Å²) < 4.78 is 10.1. The molecule has 0 unspecified atom stereocenters. The molecule has 9 nitrogen and oxygen atoms in total. The predicted molar refractivity (Wildman–Crippen MR) is 99.0 cm³/mol. The molecule has 0 radical (unpaired) electrons. The number of hydrogen-bond acceptors (Lipinski definition) is 7. The highest BCUT2D eigenvalue weighted by molar-refractivity contribution is 6.32. The monoisotopic (exact) mass is 413 g/mol. The maximum atomic E-state index is 11.8. The van der Waals surface area contributed by atoms with Crippen LogP contribution in [0.2, 0.25) is 10.0 Å². The molecule has 0 saturated carbocycles. The number of benzene rings is 2. The molecule has 0 aliphatic heterocycles. The summed E-state index contributed by atoms with van der Waals surface area (Å²) in [6.45, 7) is -0.501. The number of hydrazone groups is 1. The van der Waals surface area contributed by atoms with Crippen LogP contribution in [0.5, 0.6) is 17.2 Å². The third-order valence-corrected chi connectivity index (χ3v) is 3.67. The molecule has 2 aromatic rings. The van der Waals surface area contributed by atoms with Crippen molar-refractivity contribution in [2.75, 3.05) is 13.7 Å². The number of phenolic OH excluding ortho intramolecular Hbond substituents is 1. The Hall–Kier alpha value is -3.04. The Balaban J connectivity index is 1.97. The van der Waals surface area contributed by atoms with Crippen LogP contribution < -0.4 is 14.9 Å². The number of nitro groups is 1. The molecule has 0 aliphatic rings. The summed E-state index contributed by atoms with van der Waals surface area (Å²) in [7, 11) is 1.36. The molecule has 2 N–H and O–H groups in total. The molecular formula is C16H13Cl2N3O6. The van der Waals surface area contributed by atoms with Crippen molar-refractivity contribution in [2.24, 2.45) is 5.10 Å². The van der Waals surface area contributed by atoms with E-state index >= 15 is 0 Å². The molecule has 0 fully saturated rings. The lowest BCUT2D eigenvalue weighted by atomic mass is 10.2. The van der Waals surface area contributed by atoms with Gasteiger partial charge in [-0.1, -0.05) is 23.2 Å². The quantitative estimate of drug-likeness (QED) is 0.408. The molecule has 0 spiro atoms. The van der Waals surface area contributed by atoms with Crippen molar-refractivity contribution in [2.45, 2.75) is 0 Å². The van der Waals surface area contributed by atoms with Crippen molar-refractivity contribution >= 4 is 41.0 Å². The highest BCUT2D eigenvalue weighted by Crippen LogP contribution is 2.34. The van der Waals surface area contributed by atoms with Crippen LogP contribution in [0.15, 0.2) is 35.4 Å². The molecule has 0 atom stereocenters. The number of hydrogen-bond donors (Lipinski definition) is 2. The first-order valence-corrected chi connectivity index (χ1v) is 8.02. The van der Waals surface area contributed by atoms with Crippen LogP contribution >= 0.6 is 23.2 Å². The third-order valence-electron chi connectivity index (χ3n) is 3.15. The fourth-order valence-corrected chi connectivity index (χ4v) is 2.32. The zero-order valence-electron chi connectivity index (χ0n) is 13.8. The predicted octanol–water partition coefficient (Wildman–Crippen LogP) is 3.14. The number of phenols is 1. The summed E-state index contributed by atoms with van der Waals surface area (Å²) in [5.74, 6) is -0.808. The number of halogens is 2. The van der Waals surface area contributed by atoms with E-state index < -0.39 is 17.4 Å². The van der Waals surface area contributed by atoms with Crippen LogP contribution in [0.3, 0.4) is 0 Å². The first kappa shape index (κ1) is 20.3. The van der Waals surface area contributed by atoms with Gasteiger partial charge >= 0.3 is 5.69 Å². The smallest absolute Gasteiger partial charge is 0.312 e. The minimum absolute atomic E-state index is 0.0560. The number of carbonyl (C=O) groups is 1. The van der Waals surface area contributed by atoms with E-state index in [1.54, 1.807) is 0 Å². The van der Waals surface area contributed by atoms with Gasteiger partial charge in [-0.15, -0.1) is 0 Å². The fourth-order valence-electron chi connectivity index (χ4n) is 1.93. The van der Waals surface area contributed by atoms with E-state index in [-0.39, 0.29) is 33.0 Å². The molecule has 0 heterocycles. The number of rotatable bonds is 7. The number of aromatic hydroxyl groups is 1. The van der Waals surface area contributed by atoms with Crippen LogP contribution in [0.25, 0.3) is 0 Å². The van der Waals surface area contributed by atoms with E-state index in [9.17, 15) is 20.0 Å². The van der Waals surface area contributed by atoms with Crippen molar-refractivity contribution in [1.29, 1.82) is 0 Å². The summed E-state index contributed by atoms with van der Waals surface area (Å²) in [6.07, 6.45) is 1.27. The average molecular weight is 414 g/mol. The summed E-state index contributed by atoms with van der Waals surface area (Å²) in [6, 6.07) is 6.70. The molecule has 1 amide bonds. The highest BCUT2D eigenvalue weighted by atomic mass is 35.5. The summed E-state index contributed by atoms with van der Waals surface area (Å²) in [5, 5.41) is 24.5. The lowest BCUT2D eigenvalue weighted by molar-refractivity contribution is -0.385. The molecule has 0 bridgehead atoms. The van der Waals surface area contributed by atoms with Crippen LogP contribution in [0.1, 0.15) is 5.56 Å². The van der Waals surface area contributed by atoms with E-state index in [0.29, 0.717) is 5.56 Å². The van der Waals surface area contributed by atoms with Crippen LogP contribution in [0.4, 0.5) is 5.69 Å². The van der Waals surface area contributed by atoms with Gasteiger partial charge in [0.05, 0.1) is 23.3 Å². The van der Waals surface area contributed by atoms with Gasteiger partial charge in [0.1, 0.15) is 0 Å². The van der Waals surface area contributed by atoms with E-state index in [2.05, 4.69) is 10.5 Å². The second-order valence-corrected chi connectivity index (χ2v) is 5.85. The Morgan fingerprint density at radius 3 is 2.74 bits per heavy atom. The van der Waals surface area contributed by atoms with Crippen molar-refractivity contribution in [3.05, 3.63) is 56.1 Å². The Kier molecular flexibility index (Phi) is 6.80. The van der Waals surface area contributed by atoms with Gasteiger partial charge in [-0.3, -0.25) is 14.9 Å². The van der Waals surface area contributed by atoms with Gasteiger partial charge in [0.25, 0.3) is 5.91 Å². The van der Waals surface area contributed by atoms with Gasteiger partial charge in [-0.2, -0.15) is 5.10 Å². The first-order chi connectivity index (χ1) is 12.8. The molecule has 0 aromatic heterocycles. The van der Waals surface area contributed by atoms with Crippen LogP contribution in [-0.2, 0) is 4.79 Å². The Bertz CT molecular complexity index is 904. The minimum atomic E-state index is -0.667. The summed E-state index contributed by atoms with van der Waals surface area (Å²) >= 11 is 11.5. The molecule has 2 aromatic carbocycles. The number of ether oxygens (including phenoxy) is 2. The molecular weight excluding hydrogens is 401 g/mol. The van der Waals surface area contributed by atoms with E-state index in [0.717, 1.165) is 6.07 Å². The first-order valence-electron chi connectivity index (χ1n) is 7.27. The number of carbonyl (C=O) groups excluding carboxylic acids is 1. The van der Waals surface area contributed by atoms with Gasteiger partial charge in [0, 0.05) is 11.1 Å². The van der Waals surface area contributed by atoms with E-state index in [1.807, 2.05) is 0 Å². The molecule has 11 heteroatoms. The number of nitrogens with zero attached hydrogens (tertiary/aromatic N) is 2. The summed E-state index contributed by atoms with van der Waals surface area (Å²) in [4.78, 5) is 22.1. The van der Waals surface area contributed by atoms with Crippen molar-refractivity contribution < 1.29 is 24.3 Å². The van der Waals surface area contributed by atoms with Gasteiger partial charge in [0.2, 0.25) is 0 Å². The Morgan fingerprint density at radius 1 is 1.33 bits per heavy atom. The molecule has 142 valence electrons. The van der Waals surface area contributed by atoms with Gasteiger partial charge < -0.3 is 14.6 Å². The van der Waals surface area contributed by atoms with Gasteiger partial charge in [-0.05, 0) is 29.8 Å². The Morgan fingerprint density at radius 2 is 2.07 bits per heavy atom. The zero-order chi connectivity index (χ0) is 20.0. The lowest BCUT2D eigenvalue weighted by Gasteiger charge is -2.07.